The topological polar surface area (TPSA) is 87.7 Å². The SMILES string of the molecule is CCC(COC)NC(=O)NCC(C)(C)C(=O)O. The lowest BCUT2D eigenvalue weighted by atomic mass is 9.94. The quantitative estimate of drug-likeness (QED) is 0.620. The van der Waals surface area contributed by atoms with Gasteiger partial charge in [0.05, 0.1) is 18.1 Å². The molecule has 2 amide bonds. The van der Waals surface area contributed by atoms with E-state index in [1.165, 1.54) is 0 Å². The second-order valence-electron chi connectivity index (χ2n) is 4.58. The Labute approximate surface area is 102 Å². The lowest BCUT2D eigenvalue weighted by Crippen LogP contribution is -2.47. The second-order valence-corrected chi connectivity index (χ2v) is 4.58. The van der Waals surface area contributed by atoms with Crippen LogP contribution in [0, 0.1) is 5.41 Å². The van der Waals surface area contributed by atoms with Crippen molar-refractivity contribution in [2.45, 2.75) is 33.2 Å². The van der Waals surface area contributed by atoms with Gasteiger partial charge >= 0.3 is 12.0 Å². The van der Waals surface area contributed by atoms with Gasteiger partial charge in [-0.2, -0.15) is 0 Å². The second kappa shape index (κ2) is 7.11. The van der Waals surface area contributed by atoms with Gasteiger partial charge in [0, 0.05) is 13.7 Å². The number of rotatable bonds is 7. The van der Waals surface area contributed by atoms with E-state index < -0.39 is 11.4 Å². The first kappa shape index (κ1) is 15.7. The number of carbonyl (C=O) groups is 2. The highest BCUT2D eigenvalue weighted by Crippen LogP contribution is 2.12. The van der Waals surface area contributed by atoms with Crippen LogP contribution < -0.4 is 10.6 Å². The first-order valence-corrected chi connectivity index (χ1v) is 5.60. The zero-order chi connectivity index (χ0) is 13.5. The Morgan fingerprint density at radius 3 is 2.41 bits per heavy atom. The highest BCUT2D eigenvalue weighted by Gasteiger charge is 2.27. The van der Waals surface area contributed by atoms with Gasteiger partial charge in [-0.25, -0.2) is 4.79 Å². The van der Waals surface area contributed by atoms with Crippen LogP contribution >= 0.6 is 0 Å². The minimum Gasteiger partial charge on any atom is -0.481 e. The molecule has 0 aliphatic heterocycles. The molecular weight excluding hydrogens is 224 g/mol. The van der Waals surface area contributed by atoms with Crippen molar-refractivity contribution in [3.8, 4) is 0 Å². The third kappa shape index (κ3) is 6.11. The van der Waals surface area contributed by atoms with E-state index in [0.29, 0.717) is 6.61 Å². The zero-order valence-electron chi connectivity index (χ0n) is 10.9. The summed E-state index contributed by atoms with van der Waals surface area (Å²) in [7, 11) is 1.57. The number of urea groups is 1. The molecule has 6 heteroatoms. The molecule has 0 spiro atoms. The third-order valence-electron chi connectivity index (χ3n) is 2.47. The van der Waals surface area contributed by atoms with E-state index in [4.69, 9.17) is 9.84 Å². The molecule has 1 unspecified atom stereocenters. The van der Waals surface area contributed by atoms with Crippen molar-refractivity contribution in [2.75, 3.05) is 20.3 Å². The predicted molar refractivity (Wildman–Crippen MR) is 63.9 cm³/mol. The van der Waals surface area contributed by atoms with Gasteiger partial charge in [0.25, 0.3) is 0 Å². The number of hydrogen-bond donors (Lipinski definition) is 3. The van der Waals surface area contributed by atoms with Gasteiger partial charge < -0.3 is 20.5 Å². The minimum absolute atomic E-state index is 0.0621. The first-order chi connectivity index (χ1) is 7.83. The first-order valence-electron chi connectivity index (χ1n) is 5.60. The molecule has 0 rings (SSSR count). The molecule has 0 aliphatic rings. The van der Waals surface area contributed by atoms with Crippen LogP contribution in [0.1, 0.15) is 27.2 Å². The van der Waals surface area contributed by atoms with Gasteiger partial charge in [0.2, 0.25) is 0 Å². The lowest BCUT2D eigenvalue weighted by Gasteiger charge is -2.21. The molecule has 3 N–H and O–H groups in total. The molecule has 0 bridgehead atoms. The minimum atomic E-state index is -0.972. The van der Waals surface area contributed by atoms with E-state index in [9.17, 15) is 9.59 Å². The Kier molecular flexibility index (Phi) is 6.57. The summed E-state index contributed by atoms with van der Waals surface area (Å²) in [6.45, 7) is 5.57. The summed E-state index contributed by atoms with van der Waals surface area (Å²) in [5, 5.41) is 14.1. The Hall–Kier alpha value is -1.30. The fraction of sp³-hybridized carbons (Fsp3) is 0.818. The molecule has 100 valence electrons. The molecule has 0 aromatic carbocycles. The summed E-state index contributed by atoms with van der Waals surface area (Å²) < 4.78 is 4.94. The number of nitrogens with one attached hydrogen (secondary N) is 2. The highest BCUT2D eigenvalue weighted by atomic mass is 16.5. The average Bonchev–Trinajstić information content (AvgIpc) is 2.25. The number of hydrogen-bond acceptors (Lipinski definition) is 3. The van der Waals surface area contributed by atoms with Gasteiger partial charge in [-0.05, 0) is 20.3 Å². The molecule has 0 aliphatic carbocycles. The van der Waals surface area contributed by atoms with Gasteiger partial charge in [-0.3, -0.25) is 4.79 Å². The molecule has 6 nitrogen and oxygen atoms in total. The van der Waals surface area contributed by atoms with E-state index in [1.54, 1.807) is 21.0 Å². The Balaban J connectivity index is 4.06. The zero-order valence-corrected chi connectivity index (χ0v) is 10.9. The molecule has 0 aromatic heterocycles. The molecule has 0 aromatic rings. The van der Waals surface area contributed by atoms with Gasteiger partial charge in [-0.15, -0.1) is 0 Å². The molecule has 1 atom stereocenters. The van der Waals surface area contributed by atoms with Crippen molar-refractivity contribution >= 4 is 12.0 Å². The Morgan fingerprint density at radius 1 is 1.41 bits per heavy atom. The average molecular weight is 246 g/mol. The number of methoxy groups -OCH3 is 1. The maximum Gasteiger partial charge on any atom is 0.315 e. The van der Waals surface area contributed by atoms with Crippen molar-refractivity contribution in [1.29, 1.82) is 0 Å². The Morgan fingerprint density at radius 2 is 2.00 bits per heavy atom. The van der Waals surface area contributed by atoms with E-state index in [0.717, 1.165) is 6.42 Å². The Bertz CT molecular complexity index is 266. The van der Waals surface area contributed by atoms with Crippen LogP contribution in [-0.2, 0) is 9.53 Å². The van der Waals surface area contributed by atoms with Crippen molar-refractivity contribution in [2.24, 2.45) is 5.41 Å². The smallest absolute Gasteiger partial charge is 0.315 e. The summed E-state index contributed by atoms with van der Waals surface area (Å²) in [6.07, 6.45) is 0.754. The monoisotopic (exact) mass is 246 g/mol. The largest absolute Gasteiger partial charge is 0.481 e. The van der Waals surface area contributed by atoms with Crippen LogP contribution in [0.5, 0.6) is 0 Å². The summed E-state index contributed by atoms with van der Waals surface area (Å²) in [5.41, 5.74) is -0.972. The summed E-state index contributed by atoms with van der Waals surface area (Å²) >= 11 is 0. The van der Waals surface area contributed by atoms with Gasteiger partial charge in [0.15, 0.2) is 0 Å². The van der Waals surface area contributed by atoms with Crippen LogP contribution in [0.2, 0.25) is 0 Å². The van der Waals surface area contributed by atoms with Crippen molar-refractivity contribution in [1.82, 2.24) is 10.6 Å². The lowest BCUT2D eigenvalue weighted by molar-refractivity contribution is -0.146. The molecule has 0 fully saturated rings. The van der Waals surface area contributed by atoms with E-state index in [-0.39, 0.29) is 18.6 Å². The van der Waals surface area contributed by atoms with Crippen molar-refractivity contribution in [3.63, 3.8) is 0 Å². The maximum atomic E-state index is 11.5. The van der Waals surface area contributed by atoms with E-state index >= 15 is 0 Å². The van der Waals surface area contributed by atoms with Crippen LogP contribution in [0.25, 0.3) is 0 Å². The van der Waals surface area contributed by atoms with Gasteiger partial charge in [-0.1, -0.05) is 6.92 Å². The maximum absolute atomic E-state index is 11.5. The summed E-state index contributed by atoms with van der Waals surface area (Å²) in [4.78, 5) is 22.3. The van der Waals surface area contributed by atoms with E-state index in [2.05, 4.69) is 10.6 Å². The number of carbonyl (C=O) groups excluding carboxylic acids is 1. The standard InChI is InChI=1S/C11H22N2O4/c1-5-8(6-17-4)13-10(16)12-7-11(2,3)9(14)15/h8H,5-7H2,1-4H3,(H,14,15)(H2,12,13,16). The van der Waals surface area contributed by atoms with Gasteiger partial charge in [0.1, 0.15) is 0 Å². The normalized spacial score (nSPS) is 12.9. The number of amides is 2. The molecule has 0 saturated carbocycles. The number of carboxylic acids is 1. The van der Waals surface area contributed by atoms with E-state index in [1.807, 2.05) is 6.92 Å². The third-order valence-corrected chi connectivity index (χ3v) is 2.47. The molecule has 0 heterocycles. The summed E-state index contributed by atoms with van der Waals surface area (Å²) in [6, 6.07) is -0.434. The van der Waals surface area contributed by atoms with Crippen LogP contribution in [-0.4, -0.2) is 43.4 Å². The van der Waals surface area contributed by atoms with Crippen LogP contribution in [0.4, 0.5) is 4.79 Å². The number of aliphatic carboxylic acids is 1. The molecule has 17 heavy (non-hydrogen) atoms. The predicted octanol–water partition coefficient (Wildman–Crippen LogP) is 0.821. The van der Waals surface area contributed by atoms with Crippen LogP contribution in [0.3, 0.4) is 0 Å². The number of ether oxygens (including phenoxy) is 1. The van der Waals surface area contributed by atoms with Crippen molar-refractivity contribution < 1.29 is 19.4 Å². The fourth-order valence-corrected chi connectivity index (χ4v) is 1.08. The molecular formula is C11H22N2O4. The molecule has 0 radical (unpaired) electrons. The highest BCUT2D eigenvalue weighted by molar-refractivity contribution is 5.77. The fourth-order valence-electron chi connectivity index (χ4n) is 1.08. The number of carboxylic acid groups (broad SMARTS) is 1. The van der Waals surface area contributed by atoms with Crippen molar-refractivity contribution in [3.05, 3.63) is 0 Å². The molecule has 0 saturated heterocycles. The van der Waals surface area contributed by atoms with Crippen LogP contribution in [0.15, 0.2) is 0 Å². The summed E-state index contributed by atoms with van der Waals surface area (Å²) in [5.74, 6) is -0.943.